The number of hydrogen-bond acceptors (Lipinski definition) is 3. The van der Waals surface area contributed by atoms with Gasteiger partial charge in [0.25, 0.3) is 0 Å². The summed E-state index contributed by atoms with van der Waals surface area (Å²) in [5.74, 6) is 0.809. The SMILES string of the molecule is OC(CNC1CC1)COc1ccc2ccccc2c1. The number of nitrogens with one attached hydrogen (secondary N) is 1. The van der Waals surface area contributed by atoms with Gasteiger partial charge in [-0.2, -0.15) is 0 Å². The first-order valence-electron chi connectivity index (χ1n) is 6.84. The van der Waals surface area contributed by atoms with Crippen LogP contribution in [0.2, 0.25) is 0 Å². The van der Waals surface area contributed by atoms with Crippen molar-refractivity contribution in [3.63, 3.8) is 0 Å². The predicted octanol–water partition coefficient (Wildman–Crippen LogP) is 2.33. The maximum Gasteiger partial charge on any atom is 0.120 e. The first-order valence-corrected chi connectivity index (χ1v) is 6.84. The van der Waals surface area contributed by atoms with Crippen molar-refractivity contribution in [3.8, 4) is 5.75 Å². The molecule has 2 aromatic rings. The van der Waals surface area contributed by atoms with Crippen molar-refractivity contribution in [2.24, 2.45) is 0 Å². The molecule has 0 heterocycles. The molecule has 1 saturated carbocycles. The van der Waals surface area contributed by atoms with E-state index in [-0.39, 0.29) is 0 Å². The molecule has 1 atom stereocenters. The van der Waals surface area contributed by atoms with Crippen LogP contribution < -0.4 is 10.1 Å². The molecule has 0 spiro atoms. The van der Waals surface area contributed by atoms with Crippen LogP contribution in [-0.4, -0.2) is 30.4 Å². The van der Waals surface area contributed by atoms with Crippen molar-refractivity contribution in [3.05, 3.63) is 42.5 Å². The summed E-state index contributed by atoms with van der Waals surface area (Å²) in [7, 11) is 0. The Labute approximate surface area is 113 Å². The van der Waals surface area contributed by atoms with E-state index in [9.17, 15) is 5.11 Å². The van der Waals surface area contributed by atoms with Gasteiger partial charge < -0.3 is 15.2 Å². The highest BCUT2D eigenvalue weighted by molar-refractivity contribution is 5.83. The van der Waals surface area contributed by atoms with E-state index in [2.05, 4.69) is 17.4 Å². The molecule has 0 saturated heterocycles. The minimum atomic E-state index is -0.452. The zero-order valence-electron chi connectivity index (χ0n) is 10.9. The maximum absolute atomic E-state index is 9.81. The summed E-state index contributed by atoms with van der Waals surface area (Å²) in [6.45, 7) is 0.941. The molecule has 3 rings (SSSR count). The van der Waals surface area contributed by atoms with Gasteiger partial charge in [-0.1, -0.05) is 30.3 Å². The van der Waals surface area contributed by atoms with E-state index in [1.807, 2.05) is 30.3 Å². The normalized spacial score (nSPS) is 16.5. The van der Waals surface area contributed by atoms with Crippen LogP contribution in [0.25, 0.3) is 10.8 Å². The van der Waals surface area contributed by atoms with Gasteiger partial charge in [-0.25, -0.2) is 0 Å². The van der Waals surface area contributed by atoms with Crippen LogP contribution in [0.4, 0.5) is 0 Å². The summed E-state index contributed by atoms with van der Waals surface area (Å²) in [6.07, 6.45) is 2.02. The Balaban J connectivity index is 1.55. The van der Waals surface area contributed by atoms with Crippen molar-refractivity contribution in [2.45, 2.75) is 25.0 Å². The molecule has 0 aromatic heterocycles. The number of rotatable bonds is 6. The van der Waals surface area contributed by atoms with E-state index < -0.39 is 6.10 Å². The van der Waals surface area contributed by atoms with Gasteiger partial charge in [-0.05, 0) is 35.7 Å². The van der Waals surface area contributed by atoms with Gasteiger partial charge in [0.15, 0.2) is 0 Å². The van der Waals surface area contributed by atoms with Gasteiger partial charge in [0, 0.05) is 12.6 Å². The Kier molecular flexibility index (Phi) is 3.67. The number of aliphatic hydroxyl groups excluding tert-OH is 1. The molecule has 2 aromatic carbocycles. The largest absolute Gasteiger partial charge is 0.491 e. The molecule has 1 fully saturated rings. The first kappa shape index (κ1) is 12.5. The monoisotopic (exact) mass is 257 g/mol. The molecule has 100 valence electrons. The van der Waals surface area contributed by atoms with Crippen molar-refractivity contribution in [1.29, 1.82) is 0 Å². The minimum absolute atomic E-state index is 0.331. The van der Waals surface area contributed by atoms with E-state index in [0.29, 0.717) is 19.2 Å². The fraction of sp³-hybridized carbons (Fsp3) is 0.375. The van der Waals surface area contributed by atoms with Crippen LogP contribution in [0.3, 0.4) is 0 Å². The summed E-state index contributed by atoms with van der Waals surface area (Å²) < 4.78 is 5.64. The average molecular weight is 257 g/mol. The summed E-state index contributed by atoms with van der Waals surface area (Å²) in [5.41, 5.74) is 0. The van der Waals surface area contributed by atoms with E-state index in [1.165, 1.54) is 18.2 Å². The average Bonchev–Trinajstić information content (AvgIpc) is 3.27. The smallest absolute Gasteiger partial charge is 0.120 e. The molecule has 0 aliphatic heterocycles. The second-order valence-electron chi connectivity index (χ2n) is 5.16. The second kappa shape index (κ2) is 5.59. The third kappa shape index (κ3) is 3.46. The molecule has 0 bridgehead atoms. The van der Waals surface area contributed by atoms with Crippen LogP contribution in [0.1, 0.15) is 12.8 Å². The zero-order valence-corrected chi connectivity index (χ0v) is 10.9. The Morgan fingerprint density at radius 3 is 2.74 bits per heavy atom. The van der Waals surface area contributed by atoms with Crippen molar-refractivity contribution >= 4 is 10.8 Å². The van der Waals surface area contributed by atoms with Gasteiger partial charge in [-0.15, -0.1) is 0 Å². The predicted molar refractivity (Wildman–Crippen MR) is 76.5 cm³/mol. The van der Waals surface area contributed by atoms with E-state index in [4.69, 9.17) is 4.74 Å². The first-order chi connectivity index (χ1) is 9.31. The van der Waals surface area contributed by atoms with Crippen LogP contribution in [0, 0.1) is 0 Å². The third-order valence-electron chi connectivity index (χ3n) is 3.38. The van der Waals surface area contributed by atoms with Crippen LogP contribution in [0.5, 0.6) is 5.75 Å². The highest BCUT2D eigenvalue weighted by Crippen LogP contribution is 2.21. The van der Waals surface area contributed by atoms with Gasteiger partial charge in [-0.3, -0.25) is 0 Å². The number of benzene rings is 2. The highest BCUT2D eigenvalue weighted by atomic mass is 16.5. The summed E-state index contributed by atoms with van der Waals surface area (Å²) in [4.78, 5) is 0. The molecular weight excluding hydrogens is 238 g/mol. The summed E-state index contributed by atoms with van der Waals surface area (Å²) in [6, 6.07) is 14.8. The molecule has 0 radical (unpaired) electrons. The van der Waals surface area contributed by atoms with Crippen molar-refractivity contribution < 1.29 is 9.84 Å². The van der Waals surface area contributed by atoms with E-state index in [0.717, 1.165) is 11.1 Å². The fourth-order valence-electron chi connectivity index (χ4n) is 2.10. The molecule has 3 heteroatoms. The topological polar surface area (TPSA) is 41.5 Å². The fourth-order valence-corrected chi connectivity index (χ4v) is 2.10. The van der Waals surface area contributed by atoms with Gasteiger partial charge in [0.1, 0.15) is 18.5 Å². The standard InChI is InChI=1S/C16H19NO2/c18-15(10-17-14-6-7-14)11-19-16-8-5-12-3-1-2-4-13(12)9-16/h1-5,8-9,14-15,17-18H,6-7,10-11H2. The quantitative estimate of drug-likeness (QED) is 0.834. The van der Waals surface area contributed by atoms with Crippen molar-refractivity contribution in [1.82, 2.24) is 5.32 Å². The molecule has 0 amide bonds. The number of ether oxygens (including phenoxy) is 1. The molecule has 2 N–H and O–H groups in total. The lowest BCUT2D eigenvalue weighted by atomic mass is 10.1. The van der Waals surface area contributed by atoms with Crippen LogP contribution in [0.15, 0.2) is 42.5 Å². The lowest BCUT2D eigenvalue weighted by Crippen LogP contribution is -2.32. The molecule has 1 aliphatic rings. The lowest BCUT2D eigenvalue weighted by molar-refractivity contribution is 0.106. The molecule has 1 unspecified atom stereocenters. The molecule has 1 aliphatic carbocycles. The van der Waals surface area contributed by atoms with E-state index in [1.54, 1.807) is 0 Å². The molecule has 3 nitrogen and oxygen atoms in total. The minimum Gasteiger partial charge on any atom is -0.491 e. The lowest BCUT2D eigenvalue weighted by Gasteiger charge is -2.13. The maximum atomic E-state index is 9.81. The number of fused-ring (bicyclic) bond motifs is 1. The Morgan fingerprint density at radius 2 is 1.95 bits per heavy atom. The van der Waals surface area contributed by atoms with Crippen LogP contribution in [-0.2, 0) is 0 Å². The number of aliphatic hydroxyl groups is 1. The molecule has 19 heavy (non-hydrogen) atoms. The van der Waals surface area contributed by atoms with Gasteiger partial charge in [0.05, 0.1) is 0 Å². The second-order valence-corrected chi connectivity index (χ2v) is 5.16. The van der Waals surface area contributed by atoms with Crippen molar-refractivity contribution in [2.75, 3.05) is 13.2 Å². The summed E-state index contributed by atoms with van der Waals surface area (Å²) in [5, 5.41) is 15.5. The Bertz CT molecular complexity index is 551. The zero-order chi connectivity index (χ0) is 13.1. The Hall–Kier alpha value is -1.58. The molecular formula is C16H19NO2. The highest BCUT2D eigenvalue weighted by Gasteiger charge is 2.21. The summed E-state index contributed by atoms with van der Waals surface area (Å²) >= 11 is 0. The third-order valence-corrected chi connectivity index (χ3v) is 3.38. The van der Waals surface area contributed by atoms with Gasteiger partial charge in [0.2, 0.25) is 0 Å². The number of hydrogen-bond donors (Lipinski definition) is 2. The Morgan fingerprint density at radius 1 is 1.16 bits per heavy atom. The van der Waals surface area contributed by atoms with E-state index >= 15 is 0 Å². The van der Waals surface area contributed by atoms with Gasteiger partial charge >= 0.3 is 0 Å². The van der Waals surface area contributed by atoms with Crippen LogP contribution >= 0.6 is 0 Å².